The summed E-state index contributed by atoms with van der Waals surface area (Å²) in [5, 5.41) is 9.26. The van der Waals surface area contributed by atoms with Gasteiger partial charge in [-0.3, -0.25) is 4.79 Å². The molecule has 0 amide bonds. The molecule has 0 aromatic heterocycles. The van der Waals surface area contributed by atoms with Crippen molar-refractivity contribution >= 4 is 12.3 Å². The second kappa shape index (κ2) is 3.50. The first-order chi connectivity index (χ1) is 7.21. The van der Waals surface area contributed by atoms with Gasteiger partial charge in [-0.25, -0.2) is 0 Å². The molecule has 1 saturated carbocycles. The van der Waals surface area contributed by atoms with Crippen LogP contribution in [0.1, 0.15) is 18.4 Å². The molecule has 3 nitrogen and oxygen atoms in total. The van der Waals surface area contributed by atoms with E-state index in [1.807, 2.05) is 6.07 Å². The largest absolute Gasteiger partial charge is 0.480 e. The minimum absolute atomic E-state index is 0.0325. The molecular formula is C12H12O3. The van der Waals surface area contributed by atoms with Gasteiger partial charge >= 0.3 is 5.97 Å². The zero-order valence-electron chi connectivity index (χ0n) is 8.22. The highest BCUT2D eigenvalue weighted by molar-refractivity contribution is 5.99. The maximum absolute atomic E-state index is 11.3. The molecule has 1 aromatic carbocycles. The van der Waals surface area contributed by atoms with E-state index in [1.165, 1.54) is 0 Å². The molecule has 1 aliphatic rings. The average Bonchev–Trinajstić information content (AvgIpc) is 3.05. The van der Waals surface area contributed by atoms with Crippen molar-refractivity contribution in [1.29, 1.82) is 0 Å². The number of aliphatic carboxylic acids is 1. The lowest BCUT2D eigenvalue weighted by Crippen LogP contribution is -2.39. The quantitative estimate of drug-likeness (QED) is 0.599. The molecule has 1 aromatic rings. The molecule has 1 aliphatic carbocycles. The van der Waals surface area contributed by atoms with Crippen molar-refractivity contribution in [2.75, 3.05) is 0 Å². The van der Waals surface area contributed by atoms with E-state index in [0.717, 1.165) is 12.8 Å². The Morgan fingerprint density at radius 3 is 2.33 bits per heavy atom. The molecule has 0 bridgehead atoms. The van der Waals surface area contributed by atoms with E-state index in [-0.39, 0.29) is 5.92 Å². The molecule has 1 atom stereocenters. The third-order valence-electron chi connectivity index (χ3n) is 3.01. The molecular weight excluding hydrogens is 192 g/mol. The van der Waals surface area contributed by atoms with Crippen molar-refractivity contribution in [3.05, 3.63) is 35.9 Å². The standard InChI is InChI=1S/C12H12O3/c13-8-12(11(14)15,10-6-7-10)9-4-2-1-3-5-9/h1-5,8,10H,6-7H2,(H,14,15). The predicted octanol–water partition coefficient (Wildman–Crippen LogP) is 1.62. The zero-order valence-corrected chi connectivity index (χ0v) is 8.22. The molecule has 0 aliphatic heterocycles. The van der Waals surface area contributed by atoms with Gasteiger partial charge in [-0.2, -0.15) is 0 Å². The highest BCUT2D eigenvalue weighted by Crippen LogP contribution is 2.46. The van der Waals surface area contributed by atoms with E-state index in [0.29, 0.717) is 11.8 Å². The van der Waals surface area contributed by atoms with Crippen LogP contribution in [0.4, 0.5) is 0 Å². The fourth-order valence-corrected chi connectivity index (χ4v) is 2.00. The lowest BCUT2D eigenvalue weighted by molar-refractivity contribution is -0.146. The third-order valence-corrected chi connectivity index (χ3v) is 3.01. The molecule has 1 fully saturated rings. The van der Waals surface area contributed by atoms with Crippen LogP contribution in [0.15, 0.2) is 30.3 Å². The van der Waals surface area contributed by atoms with E-state index in [4.69, 9.17) is 0 Å². The Labute approximate surface area is 87.7 Å². The summed E-state index contributed by atoms with van der Waals surface area (Å²) >= 11 is 0. The highest BCUT2D eigenvalue weighted by Gasteiger charge is 2.52. The molecule has 3 heteroatoms. The summed E-state index contributed by atoms with van der Waals surface area (Å²) in [5.74, 6) is -1.07. The maximum Gasteiger partial charge on any atom is 0.321 e. The van der Waals surface area contributed by atoms with Crippen molar-refractivity contribution in [2.45, 2.75) is 18.3 Å². The van der Waals surface area contributed by atoms with E-state index >= 15 is 0 Å². The minimum Gasteiger partial charge on any atom is -0.480 e. The fraction of sp³-hybridized carbons (Fsp3) is 0.333. The van der Waals surface area contributed by atoms with Gasteiger partial charge in [0, 0.05) is 0 Å². The smallest absolute Gasteiger partial charge is 0.321 e. The third kappa shape index (κ3) is 1.44. The Morgan fingerprint density at radius 1 is 1.33 bits per heavy atom. The predicted molar refractivity (Wildman–Crippen MR) is 54.5 cm³/mol. The molecule has 0 spiro atoms. The Hall–Kier alpha value is -1.64. The van der Waals surface area contributed by atoms with Gasteiger partial charge in [0.15, 0.2) is 5.41 Å². The van der Waals surface area contributed by atoms with E-state index in [9.17, 15) is 14.7 Å². The van der Waals surface area contributed by atoms with Gasteiger partial charge in [0.25, 0.3) is 0 Å². The number of rotatable bonds is 4. The van der Waals surface area contributed by atoms with E-state index in [2.05, 4.69) is 0 Å². The summed E-state index contributed by atoms with van der Waals surface area (Å²) in [6, 6.07) is 8.76. The average molecular weight is 204 g/mol. The van der Waals surface area contributed by atoms with Crippen LogP contribution >= 0.6 is 0 Å². The molecule has 0 heterocycles. The first-order valence-corrected chi connectivity index (χ1v) is 4.97. The number of benzene rings is 1. The van der Waals surface area contributed by atoms with Crippen LogP contribution in [0.25, 0.3) is 0 Å². The van der Waals surface area contributed by atoms with Gasteiger partial charge in [-0.05, 0) is 24.3 Å². The van der Waals surface area contributed by atoms with E-state index < -0.39 is 11.4 Å². The number of hydrogen-bond acceptors (Lipinski definition) is 2. The second-order valence-corrected chi connectivity index (χ2v) is 3.93. The number of carboxylic acid groups (broad SMARTS) is 1. The van der Waals surface area contributed by atoms with Gasteiger partial charge in [-0.15, -0.1) is 0 Å². The first-order valence-electron chi connectivity index (χ1n) is 4.97. The molecule has 78 valence electrons. The first kappa shape index (κ1) is 9.90. The summed E-state index contributed by atoms with van der Waals surface area (Å²) < 4.78 is 0. The summed E-state index contributed by atoms with van der Waals surface area (Å²) in [7, 11) is 0. The van der Waals surface area contributed by atoms with Gasteiger partial charge < -0.3 is 9.90 Å². The van der Waals surface area contributed by atoms with Gasteiger partial charge in [0.2, 0.25) is 0 Å². The van der Waals surface area contributed by atoms with Gasteiger partial charge in [0.05, 0.1) is 0 Å². The molecule has 0 radical (unpaired) electrons. The number of carbonyl (C=O) groups is 2. The van der Waals surface area contributed by atoms with Crippen molar-refractivity contribution in [2.24, 2.45) is 5.92 Å². The highest BCUT2D eigenvalue weighted by atomic mass is 16.4. The molecule has 1 N–H and O–H groups in total. The van der Waals surface area contributed by atoms with Crippen LogP contribution < -0.4 is 0 Å². The summed E-state index contributed by atoms with van der Waals surface area (Å²) in [4.78, 5) is 22.5. The molecule has 0 saturated heterocycles. The number of carboxylic acids is 1. The van der Waals surface area contributed by atoms with Crippen LogP contribution in [0, 0.1) is 5.92 Å². The molecule has 1 unspecified atom stereocenters. The minimum atomic E-state index is -1.32. The number of hydrogen-bond donors (Lipinski definition) is 1. The van der Waals surface area contributed by atoms with Crippen molar-refractivity contribution in [3.8, 4) is 0 Å². The van der Waals surface area contributed by atoms with Gasteiger partial charge in [0.1, 0.15) is 6.29 Å². The lowest BCUT2D eigenvalue weighted by atomic mass is 9.77. The number of carbonyl (C=O) groups excluding carboxylic acids is 1. The topological polar surface area (TPSA) is 54.4 Å². The van der Waals surface area contributed by atoms with Crippen LogP contribution in [0.5, 0.6) is 0 Å². The van der Waals surface area contributed by atoms with Crippen LogP contribution in [-0.2, 0) is 15.0 Å². The van der Waals surface area contributed by atoms with Gasteiger partial charge in [-0.1, -0.05) is 30.3 Å². The van der Waals surface area contributed by atoms with Crippen molar-refractivity contribution in [3.63, 3.8) is 0 Å². The van der Waals surface area contributed by atoms with E-state index in [1.54, 1.807) is 24.3 Å². The summed E-state index contributed by atoms with van der Waals surface area (Å²) in [5.41, 5.74) is -0.726. The van der Waals surface area contributed by atoms with Crippen molar-refractivity contribution in [1.82, 2.24) is 0 Å². The number of aldehydes is 1. The molecule has 15 heavy (non-hydrogen) atoms. The van der Waals surface area contributed by atoms with Crippen molar-refractivity contribution < 1.29 is 14.7 Å². The normalized spacial score (nSPS) is 19.2. The van der Waals surface area contributed by atoms with Crippen LogP contribution in [0.2, 0.25) is 0 Å². The monoisotopic (exact) mass is 204 g/mol. The Bertz CT molecular complexity index is 381. The summed E-state index contributed by atoms with van der Waals surface area (Å²) in [6.45, 7) is 0. The Balaban J connectivity index is 2.50. The SMILES string of the molecule is O=CC(C(=O)O)(c1ccccc1)C1CC1. The van der Waals surface area contributed by atoms with Crippen LogP contribution in [0.3, 0.4) is 0 Å². The zero-order chi connectivity index (χ0) is 10.9. The fourth-order valence-electron chi connectivity index (χ4n) is 2.00. The Kier molecular flexibility index (Phi) is 2.31. The Morgan fingerprint density at radius 2 is 1.93 bits per heavy atom. The molecule has 2 rings (SSSR count). The lowest BCUT2D eigenvalue weighted by Gasteiger charge is -2.23. The maximum atomic E-state index is 11.3. The second-order valence-electron chi connectivity index (χ2n) is 3.93. The van der Waals surface area contributed by atoms with Crippen LogP contribution in [-0.4, -0.2) is 17.4 Å². The summed E-state index contributed by atoms with van der Waals surface area (Å²) in [6.07, 6.45) is 2.22.